The zero-order valence-corrected chi connectivity index (χ0v) is 62.6. The number of anilines is 12. The Morgan fingerprint density at radius 1 is 0.431 bits per heavy atom. The molecule has 29 nitrogen and oxygen atoms in total. The van der Waals surface area contributed by atoms with Crippen molar-refractivity contribution < 1.29 is 37.9 Å². The fourth-order valence-electron chi connectivity index (χ4n) is 13.2. The molecule has 8 aromatic heterocycles. The molecule has 6 amide bonds. The number of nitrogens with zero attached hydrogens (tertiary/aromatic N) is 8. The number of ether oxygens (including phenoxy) is 1. The van der Waals surface area contributed by atoms with Gasteiger partial charge in [0.15, 0.2) is 0 Å². The van der Waals surface area contributed by atoms with Crippen molar-refractivity contribution >= 4 is 116 Å². The monoisotopic (exact) mass is 1480 g/mol. The molecule has 1 aliphatic heterocycles. The molecule has 0 spiro atoms. The van der Waals surface area contributed by atoms with Crippen molar-refractivity contribution in [3.63, 3.8) is 0 Å². The molecule has 7 atom stereocenters. The Labute approximate surface area is 633 Å². The smallest absolute Gasteiger partial charge is 0.254 e. The molecule has 4 fully saturated rings. The normalized spacial score (nSPS) is 19.0. The number of aromatic nitrogens is 8. The number of para-hydroxylation sites is 1. The van der Waals surface area contributed by atoms with Crippen LogP contribution in [-0.2, 0) is 14.3 Å². The lowest BCUT2D eigenvalue weighted by molar-refractivity contribution is -0.123. The van der Waals surface area contributed by atoms with Gasteiger partial charge in [-0.1, -0.05) is 62.1 Å². The topological polar surface area (TPSA) is 411 Å². The molecular formula is C79H97FN22O7. The summed E-state index contributed by atoms with van der Waals surface area (Å²) in [4.78, 5) is 107. The molecule has 3 saturated carbocycles. The van der Waals surface area contributed by atoms with Crippen LogP contribution in [0.1, 0.15) is 142 Å². The van der Waals surface area contributed by atoms with Gasteiger partial charge < -0.3 is 80.0 Å². The van der Waals surface area contributed by atoms with E-state index in [4.69, 9.17) is 16.2 Å². The van der Waals surface area contributed by atoms with E-state index < -0.39 is 5.67 Å². The molecule has 30 heteroatoms. The van der Waals surface area contributed by atoms with E-state index in [2.05, 4.69) is 104 Å². The highest BCUT2D eigenvalue weighted by Crippen LogP contribution is 2.38. The average Bonchev–Trinajstić information content (AvgIpc) is 1.75. The quantitative estimate of drug-likeness (QED) is 0.0300. The number of nitrogens with two attached hydrogens (primary N) is 2. The number of carbonyl (C=O) groups excluding carboxylic acids is 6. The number of carbonyl (C=O) groups is 6. The molecule has 3 aliphatic carbocycles. The first-order valence-electron chi connectivity index (χ1n) is 36.6. The highest BCUT2D eigenvalue weighted by molar-refractivity contribution is 6.02. The van der Waals surface area contributed by atoms with Gasteiger partial charge in [-0.2, -0.15) is 0 Å². The minimum absolute atomic E-state index is 0.109. The van der Waals surface area contributed by atoms with Crippen molar-refractivity contribution in [3.8, 4) is 0 Å². The van der Waals surface area contributed by atoms with Gasteiger partial charge >= 0.3 is 0 Å². The first kappa shape index (κ1) is 79.4. The summed E-state index contributed by atoms with van der Waals surface area (Å²) in [6.07, 6.45) is 21.5. The standard InChI is InChI=1S/2C20H26N6O2.C20H21N5O2.C19H24FN5O/c2*1-12-7-8-17(23-10-12)26-18-9-16(14(11-24-18)20(28)22-2)25-15-6-4-3-5-13(15)19(21)27;1-21-20(26)15-11-22-19(10-17(15)23-14-8-9-27-12-14)25-18-7-6-13-4-2-3-5-16(13)24-18;1-12-6-7-16(22-10-12)25-17-9-14(13(11-23-17)18(26)21-3)24-15-5-4-8-19(15,2)20/h2*7-11,13,15H,3-6H2,1-2H3,(H2,21,27)(H,22,28)(H2,23,24,25,26);2-7,10-11,14H,8-9,12H2,1H3,(H,21,26)(H2,22,23,24,25);6-7,9-11,15H,4-5,8H2,1-3H3,(H,21,26)(H2,22,23,24,25)/t2*13-,15+;14-;15-,19+/m1110/s1. The summed E-state index contributed by atoms with van der Waals surface area (Å²) in [5.74, 6) is 2.85. The number of amides is 6. The summed E-state index contributed by atoms with van der Waals surface area (Å²) in [6.45, 7) is 8.86. The Bertz CT molecular complexity index is 4480. The van der Waals surface area contributed by atoms with Crippen molar-refractivity contribution in [2.24, 2.45) is 23.3 Å². The summed E-state index contributed by atoms with van der Waals surface area (Å²) in [5.41, 5.74) is 18.2. The molecule has 16 N–H and O–H groups in total. The van der Waals surface area contributed by atoms with E-state index in [9.17, 15) is 33.2 Å². The Morgan fingerprint density at radius 2 is 0.807 bits per heavy atom. The second-order valence-electron chi connectivity index (χ2n) is 27.5. The predicted molar refractivity (Wildman–Crippen MR) is 423 cm³/mol. The molecule has 1 aromatic carbocycles. The molecular weight excluding hydrogens is 1390 g/mol. The second-order valence-corrected chi connectivity index (χ2v) is 27.5. The van der Waals surface area contributed by atoms with Crippen molar-refractivity contribution in [2.75, 3.05) is 83.9 Å². The number of primary amides is 2. The van der Waals surface area contributed by atoms with E-state index in [1.165, 1.54) is 18.6 Å². The maximum Gasteiger partial charge on any atom is 0.254 e. The number of hydrogen-bond donors (Lipinski definition) is 14. The van der Waals surface area contributed by atoms with Crippen LogP contribution in [-0.4, -0.2) is 147 Å². The van der Waals surface area contributed by atoms with Gasteiger partial charge in [-0.05, 0) is 132 Å². The predicted octanol–water partition coefficient (Wildman–Crippen LogP) is 11.2. The summed E-state index contributed by atoms with van der Waals surface area (Å²) in [5, 5.41) is 37.5. The number of benzene rings is 1. The summed E-state index contributed by atoms with van der Waals surface area (Å²) in [6, 6.07) is 30.0. The molecule has 1 saturated heterocycles. The van der Waals surface area contributed by atoms with Gasteiger partial charge in [0, 0.05) is 120 Å². The van der Waals surface area contributed by atoms with E-state index in [1.807, 2.05) is 99.6 Å². The highest BCUT2D eigenvalue weighted by Gasteiger charge is 2.40. The van der Waals surface area contributed by atoms with E-state index in [-0.39, 0.29) is 71.4 Å². The van der Waals surface area contributed by atoms with Crippen molar-refractivity contribution in [1.29, 1.82) is 0 Å². The van der Waals surface area contributed by atoms with Crippen LogP contribution in [0.5, 0.6) is 0 Å². The van der Waals surface area contributed by atoms with Crippen LogP contribution in [0.25, 0.3) is 10.9 Å². The first-order chi connectivity index (χ1) is 52.6. The molecule has 4 aliphatic rings. The van der Waals surface area contributed by atoms with Crippen LogP contribution in [0.4, 0.5) is 73.7 Å². The van der Waals surface area contributed by atoms with Crippen LogP contribution >= 0.6 is 0 Å². The zero-order chi connectivity index (χ0) is 77.6. The number of fused-ring (bicyclic) bond motifs is 1. The Kier molecular flexibility index (Phi) is 27.6. The van der Waals surface area contributed by atoms with Crippen LogP contribution in [0.2, 0.25) is 0 Å². The van der Waals surface area contributed by atoms with Crippen molar-refractivity contribution in [1.82, 2.24) is 61.1 Å². The van der Waals surface area contributed by atoms with Crippen molar-refractivity contribution in [3.05, 3.63) is 179 Å². The number of alkyl halides is 1. The SMILES string of the molecule is CNC(=O)c1cnc(Nc2ccc(C)cn2)cc1N[C@H]1CCCC[C@H]1C(N)=O.CNC(=O)c1cnc(Nc2ccc(C)cn2)cc1N[C@H]1CCCC[C@H]1C(N)=O.CNC(=O)c1cnc(Nc2ccc(C)cn2)cc1N[C@H]1CCC[C@@]1(C)F.CNC(=O)c1cnc(Nc2ccc3ccccc3n2)cc1N[C@@H]1CCOC1. The molecule has 0 radical (unpaired) electrons. The molecule has 13 rings (SSSR count). The summed E-state index contributed by atoms with van der Waals surface area (Å²) < 4.78 is 20.1. The maximum atomic E-state index is 14.7. The molecule has 9 aromatic rings. The van der Waals surface area contributed by atoms with Gasteiger partial charge in [0.2, 0.25) is 11.8 Å². The number of pyridine rings is 8. The number of hydrogen-bond acceptors (Lipinski definition) is 23. The van der Waals surface area contributed by atoms with Crippen LogP contribution in [0.15, 0.2) is 140 Å². The van der Waals surface area contributed by atoms with E-state index >= 15 is 0 Å². The minimum Gasteiger partial charge on any atom is -0.381 e. The minimum atomic E-state index is -1.30. The lowest BCUT2D eigenvalue weighted by Crippen LogP contribution is -2.41. The lowest BCUT2D eigenvalue weighted by atomic mass is 9.84. The third-order valence-corrected chi connectivity index (χ3v) is 19.3. The lowest BCUT2D eigenvalue weighted by Gasteiger charge is -2.31. The number of rotatable bonds is 22. The average molecular weight is 1490 g/mol. The van der Waals surface area contributed by atoms with Gasteiger partial charge in [-0.15, -0.1) is 0 Å². The molecule has 0 unspecified atom stereocenters. The van der Waals surface area contributed by atoms with Crippen molar-refractivity contribution in [2.45, 2.75) is 135 Å². The molecule has 0 bridgehead atoms. The second kappa shape index (κ2) is 37.9. The van der Waals surface area contributed by atoms with Gasteiger partial charge in [0.05, 0.1) is 81.0 Å². The fourth-order valence-corrected chi connectivity index (χ4v) is 13.2. The van der Waals surface area contributed by atoms with Gasteiger partial charge in [0.25, 0.3) is 23.6 Å². The summed E-state index contributed by atoms with van der Waals surface area (Å²) >= 11 is 0. The molecule has 572 valence electrons. The molecule has 9 heterocycles. The Morgan fingerprint density at radius 3 is 1.17 bits per heavy atom. The van der Waals surface area contributed by atoms with Gasteiger partial charge in [0.1, 0.15) is 52.2 Å². The van der Waals surface area contributed by atoms with E-state index in [0.717, 1.165) is 111 Å². The van der Waals surface area contributed by atoms with Gasteiger partial charge in [-0.3, -0.25) is 28.8 Å². The summed E-state index contributed by atoms with van der Waals surface area (Å²) in [7, 11) is 6.31. The number of nitrogens with one attached hydrogen (secondary N) is 12. The number of aryl methyl sites for hydroxylation is 3. The fraction of sp³-hybridized carbons (Fsp3) is 0.367. The third kappa shape index (κ3) is 22.0. The number of halogens is 1. The van der Waals surface area contributed by atoms with E-state index in [0.29, 0.717) is 98.9 Å². The molecule has 109 heavy (non-hydrogen) atoms. The third-order valence-electron chi connectivity index (χ3n) is 19.3. The Hall–Kier alpha value is -12.2. The van der Waals surface area contributed by atoms with Crippen LogP contribution < -0.4 is 75.3 Å². The maximum absolute atomic E-state index is 14.7. The van der Waals surface area contributed by atoms with Crippen LogP contribution in [0.3, 0.4) is 0 Å². The highest BCUT2D eigenvalue weighted by atomic mass is 19.1. The van der Waals surface area contributed by atoms with E-state index in [1.54, 1.807) is 78.1 Å². The van der Waals surface area contributed by atoms with Crippen LogP contribution in [0, 0.1) is 32.6 Å². The largest absolute Gasteiger partial charge is 0.381 e. The van der Waals surface area contributed by atoms with Gasteiger partial charge in [-0.25, -0.2) is 44.3 Å². The first-order valence-corrected chi connectivity index (χ1v) is 36.6. The Balaban J connectivity index is 0.000000155. The zero-order valence-electron chi connectivity index (χ0n) is 62.6.